The zero-order valence-electron chi connectivity index (χ0n) is 13.6. The van der Waals surface area contributed by atoms with Gasteiger partial charge in [0.15, 0.2) is 0 Å². The molecule has 0 radical (unpaired) electrons. The molecule has 4 heteroatoms. The van der Waals surface area contributed by atoms with E-state index in [9.17, 15) is 9.59 Å². The van der Waals surface area contributed by atoms with Crippen LogP contribution in [0.1, 0.15) is 61.8 Å². The lowest BCUT2D eigenvalue weighted by atomic mass is 10.1. The summed E-state index contributed by atoms with van der Waals surface area (Å²) in [6.07, 6.45) is 0.559. The molecule has 0 saturated heterocycles. The highest BCUT2D eigenvalue weighted by Gasteiger charge is 2.09. The van der Waals surface area contributed by atoms with Crippen LogP contribution in [0.25, 0.3) is 0 Å². The minimum absolute atomic E-state index is 0.00704. The highest BCUT2D eigenvalue weighted by atomic mass is 16.5. The van der Waals surface area contributed by atoms with Crippen LogP contribution < -0.4 is 0 Å². The van der Waals surface area contributed by atoms with Crippen molar-refractivity contribution in [3.05, 3.63) is 0 Å². The fourth-order valence-corrected chi connectivity index (χ4v) is 1.01. The molecule has 0 unspecified atom stereocenters. The summed E-state index contributed by atoms with van der Waals surface area (Å²) in [4.78, 5) is 21.6. The van der Waals surface area contributed by atoms with E-state index in [4.69, 9.17) is 9.47 Å². The Bertz CT molecular complexity index is 243. The molecule has 0 aromatic carbocycles. The van der Waals surface area contributed by atoms with Gasteiger partial charge in [-0.05, 0) is 33.6 Å². The molecule has 0 aliphatic carbocycles. The molecule has 0 aromatic rings. The lowest BCUT2D eigenvalue weighted by molar-refractivity contribution is -0.151. The quantitative estimate of drug-likeness (QED) is 0.719. The third-order valence-electron chi connectivity index (χ3n) is 1.77. The molecule has 0 heterocycles. The minimum Gasteiger partial charge on any atom is -0.463 e. The summed E-state index contributed by atoms with van der Waals surface area (Å²) in [5, 5.41) is 0. The molecule has 0 spiro atoms. The van der Waals surface area contributed by atoms with Crippen LogP contribution in [-0.4, -0.2) is 24.1 Å². The van der Waals surface area contributed by atoms with Crippen molar-refractivity contribution in [2.75, 3.05) is 0 Å². The van der Waals surface area contributed by atoms with Crippen molar-refractivity contribution in [1.29, 1.82) is 0 Å². The van der Waals surface area contributed by atoms with Crippen molar-refractivity contribution in [1.82, 2.24) is 0 Å². The Morgan fingerprint density at radius 2 is 1.21 bits per heavy atom. The summed E-state index contributed by atoms with van der Waals surface area (Å²) in [5.74, 6) is 0.175. The minimum atomic E-state index is -0.120. The normalized spacial score (nSPS) is 10.5. The fourth-order valence-electron chi connectivity index (χ4n) is 1.01. The first-order valence-electron chi connectivity index (χ1n) is 6.96. The van der Waals surface area contributed by atoms with Gasteiger partial charge in [0.1, 0.15) is 0 Å². The summed E-state index contributed by atoms with van der Waals surface area (Å²) >= 11 is 0. The van der Waals surface area contributed by atoms with Gasteiger partial charge in [0.25, 0.3) is 0 Å². The Morgan fingerprint density at radius 3 is 1.42 bits per heavy atom. The van der Waals surface area contributed by atoms with Crippen LogP contribution in [0.15, 0.2) is 0 Å². The van der Waals surface area contributed by atoms with Gasteiger partial charge in [-0.25, -0.2) is 0 Å². The van der Waals surface area contributed by atoms with Crippen molar-refractivity contribution in [2.24, 2.45) is 11.8 Å². The van der Waals surface area contributed by atoms with Gasteiger partial charge >= 0.3 is 11.9 Å². The second kappa shape index (κ2) is 10.8. The summed E-state index contributed by atoms with van der Waals surface area (Å²) in [7, 11) is 0. The van der Waals surface area contributed by atoms with E-state index in [0.717, 1.165) is 0 Å². The SMILES string of the molecule is CC(C)CC(=O)OC(C)C.CC(C)OC(=O)C(C)C. The largest absolute Gasteiger partial charge is 0.463 e. The maximum absolute atomic E-state index is 10.8. The van der Waals surface area contributed by atoms with E-state index in [1.54, 1.807) is 0 Å². The lowest BCUT2D eigenvalue weighted by Gasteiger charge is -2.08. The van der Waals surface area contributed by atoms with E-state index >= 15 is 0 Å². The Hall–Kier alpha value is -1.06. The van der Waals surface area contributed by atoms with Gasteiger partial charge in [0.05, 0.1) is 18.1 Å². The van der Waals surface area contributed by atoms with Crippen LogP contribution in [0, 0.1) is 11.8 Å². The number of rotatable bonds is 5. The Kier molecular flexibility index (Phi) is 11.5. The van der Waals surface area contributed by atoms with E-state index in [0.29, 0.717) is 12.3 Å². The average Bonchev–Trinajstić information content (AvgIpc) is 2.13. The molecule has 0 amide bonds. The van der Waals surface area contributed by atoms with Crippen LogP contribution in [0.4, 0.5) is 0 Å². The van der Waals surface area contributed by atoms with E-state index in [1.165, 1.54) is 0 Å². The molecule has 0 aliphatic heterocycles. The number of hydrogen-bond acceptors (Lipinski definition) is 4. The molecule has 4 nitrogen and oxygen atoms in total. The number of hydrogen-bond donors (Lipinski definition) is 0. The molecular formula is C15H30O4. The van der Waals surface area contributed by atoms with Crippen molar-refractivity contribution in [3.63, 3.8) is 0 Å². The number of carbonyl (C=O) groups is 2. The third-order valence-corrected chi connectivity index (χ3v) is 1.77. The van der Waals surface area contributed by atoms with Gasteiger partial charge in [0, 0.05) is 6.42 Å². The van der Waals surface area contributed by atoms with Gasteiger partial charge in [-0.15, -0.1) is 0 Å². The maximum atomic E-state index is 10.8. The van der Waals surface area contributed by atoms with Crippen LogP contribution in [0.2, 0.25) is 0 Å². The molecule has 19 heavy (non-hydrogen) atoms. The fraction of sp³-hybridized carbons (Fsp3) is 0.867. The Morgan fingerprint density at radius 1 is 0.789 bits per heavy atom. The predicted octanol–water partition coefficient (Wildman–Crippen LogP) is 3.58. The summed E-state index contributed by atoms with van der Waals surface area (Å²) in [5.41, 5.74) is 0. The third kappa shape index (κ3) is 16.9. The topological polar surface area (TPSA) is 52.6 Å². The van der Waals surface area contributed by atoms with Crippen molar-refractivity contribution >= 4 is 11.9 Å². The van der Waals surface area contributed by atoms with Crippen molar-refractivity contribution in [2.45, 2.75) is 74.0 Å². The second-order valence-electron chi connectivity index (χ2n) is 5.78. The van der Waals surface area contributed by atoms with Crippen molar-refractivity contribution < 1.29 is 19.1 Å². The Labute approximate surface area is 117 Å². The van der Waals surface area contributed by atoms with E-state index < -0.39 is 0 Å². The number of esters is 2. The molecule has 0 N–H and O–H groups in total. The lowest BCUT2D eigenvalue weighted by Crippen LogP contribution is -2.16. The van der Waals surface area contributed by atoms with E-state index in [2.05, 4.69) is 0 Å². The van der Waals surface area contributed by atoms with E-state index in [-0.39, 0.29) is 30.1 Å². The highest BCUT2D eigenvalue weighted by molar-refractivity contribution is 5.71. The average molecular weight is 274 g/mol. The monoisotopic (exact) mass is 274 g/mol. The second-order valence-corrected chi connectivity index (χ2v) is 5.78. The zero-order chi connectivity index (χ0) is 15.6. The molecule has 0 aromatic heterocycles. The van der Waals surface area contributed by atoms with Crippen LogP contribution in [0.5, 0.6) is 0 Å². The maximum Gasteiger partial charge on any atom is 0.308 e. The predicted molar refractivity (Wildman–Crippen MR) is 76.7 cm³/mol. The van der Waals surface area contributed by atoms with Crippen LogP contribution in [-0.2, 0) is 19.1 Å². The molecular weight excluding hydrogens is 244 g/mol. The molecule has 0 aliphatic rings. The molecule has 0 atom stereocenters. The molecule has 0 bridgehead atoms. The Balaban J connectivity index is 0. The van der Waals surface area contributed by atoms with E-state index in [1.807, 2.05) is 55.4 Å². The molecule has 114 valence electrons. The van der Waals surface area contributed by atoms with Crippen LogP contribution >= 0.6 is 0 Å². The standard InChI is InChI=1S/C8H16O2.C7H14O2/c1-6(2)5-8(9)10-7(3)4;1-5(2)7(8)9-6(3)4/h6-7H,5H2,1-4H3;5-6H,1-4H3. The van der Waals surface area contributed by atoms with Gasteiger partial charge in [0.2, 0.25) is 0 Å². The molecule has 0 rings (SSSR count). The van der Waals surface area contributed by atoms with Crippen molar-refractivity contribution in [3.8, 4) is 0 Å². The van der Waals surface area contributed by atoms with Gasteiger partial charge in [-0.3, -0.25) is 9.59 Å². The highest BCUT2D eigenvalue weighted by Crippen LogP contribution is 2.02. The number of carbonyl (C=O) groups excluding carboxylic acids is 2. The first kappa shape index (κ1) is 20.3. The number of ether oxygens (including phenoxy) is 2. The van der Waals surface area contributed by atoms with Crippen LogP contribution in [0.3, 0.4) is 0 Å². The summed E-state index contributed by atoms with van der Waals surface area (Å²) in [6, 6.07) is 0. The van der Waals surface area contributed by atoms with Gasteiger partial charge in [-0.2, -0.15) is 0 Å². The first-order chi connectivity index (χ1) is 8.56. The molecule has 0 saturated carbocycles. The summed E-state index contributed by atoms with van der Waals surface area (Å²) < 4.78 is 9.79. The summed E-state index contributed by atoms with van der Waals surface area (Å²) in [6.45, 7) is 15.1. The van der Waals surface area contributed by atoms with Gasteiger partial charge in [-0.1, -0.05) is 27.7 Å². The van der Waals surface area contributed by atoms with Gasteiger partial charge < -0.3 is 9.47 Å². The zero-order valence-corrected chi connectivity index (χ0v) is 13.6. The smallest absolute Gasteiger partial charge is 0.308 e. The first-order valence-corrected chi connectivity index (χ1v) is 6.96. The molecule has 0 fully saturated rings.